The van der Waals surface area contributed by atoms with Gasteiger partial charge in [-0.3, -0.25) is 4.79 Å². The fourth-order valence-electron chi connectivity index (χ4n) is 3.05. The number of aryl methyl sites for hydroxylation is 1. The summed E-state index contributed by atoms with van der Waals surface area (Å²) in [5, 5.41) is 14.1. The van der Waals surface area contributed by atoms with Crippen molar-refractivity contribution in [2.75, 3.05) is 5.32 Å². The fourth-order valence-corrected chi connectivity index (χ4v) is 3.05. The van der Waals surface area contributed by atoms with Crippen molar-refractivity contribution in [2.45, 2.75) is 13.5 Å². The SMILES string of the molecule is Cc1ccc(CO)cc1Nc1nc2ccc(F)cc2c2c(=O)[nH]ccc12. The van der Waals surface area contributed by atoms with Crippen LogP contribution < -0.4 is 10.9 Å². The van der Waals surface area contributed by atoms with Crippen LogP contribution in [-0.4, -0.2) is 15.1 Å². The summed E-state index contributed by atoms with van der Waals surface area (Å²) in [4.78, 5) is 19.6. The molecule has 5 nitrogen and oxygen atoms in total. The molecule has 130 valence electrons. The van der Waals surface area contributed by atoms with Crippen molar-refractivity contribution in [1.82, 2.24) is 9.97 Å². The third-order valence-electron chi connectivity index (χ3n) is 4.41. The maximum absolute atomic E-state index is 13.7. The summed E-state index contributed by atoms with van der Waals surface area (Å²) in [5.41, 5.74) is 2.75. The molecule has 0 fully saturated rings. The number of rotatable bonds is 3. The van der Waals surface area contributed by atoms with Crippen molar-refractivity contribution in [1.29, 1.82) is 0 Å². The van der Waals surface area contributed by atoms with E-state index < -0.39 is 5.82 Å². The van der Waals surface area contributed by atoms with Gasteiger partial charge in [0, 0.05) is 22.7 Å². The number of fused-ring (bicyclic) bond motifs is 3. The van der Waals surface area contributed by atoms with Gasteiger partial charge in [-0.1, -0.05) is 12.1 Å². The maximum Gasteiger partial charge on any atom is 0.256 e. The van der Waals surface area contributed by atoms with Crippen molar-refractivity contribution in [3.8, 4) is 0 Å². The summed E-state index contributed by atoms with van der Waals surface area (Å²) in [5.74, 6) is 0.0828. The van der Waals surface area contributed by atoms with Gasteiger partial charge in [0.15, 0.2) is 0 Å². The van der Waals surface area contributed by atoms with Crippen molar-refractivity contribution in [2.24, 2.45) is 0 Å². The summed E-state index contributed by atoms with van der Waals surface area (Å²) in [6.07, 6.45) is 1.54. The van der Waals surface area contributed by atoms with E-state index >= 15 is 0 Å². The number of anilines is 2. The molecule has 2 aromatic heterocycles. The number of halogens is 1. The number of benzene rings is 2. The Hall–Kier alpha value is -3.25. The lowest BCUT2D eigenvalue weighted by Crippen LogP contribution is -2.08. The van der Waals surface area contributed by atoms with Crippen LogP contribution in [0.3, 0.4) is 0 Å². The molecule has 4 aromatic rings. The number of nitrogens with one attached hydrogen (secondary N) is 2. The number of aliphatic hydroxyl groups excluding tert-OH is 1. The van der Waals surface area contributed by atoms with Gasteiger partial charge >= 0.3 is 0 Å². The van der Waals surface area contributed by atoms with Crippen molar-refractivity contribution >= 4 is 33.2 Å². The van der Waals surface area contributed by atoms with Crippen molar-refractivity contribution in [3.63, 3.8) is 0 Å². The van der Waals surface area contributed by atoms with E-state index in [-0.39, 0.29) is 12.2 Å². The number of aromatic nitrogens is 2. The molecule has 0 radical (unpaired) electrons. The topological polar surface area (TPSA) is 78.0 Å². The second-order valence-electron chi connectivity index (χ2n) is 6.15. The molecular weight excluding hydrogens is 333 g/mol. The summed E-state index contributed by atoms with van der Waals surface area (Å²) in [7, 11) is 0. The first-order valence-corrected chi connectivity index (χ1v) is 8.15. The number of pyridine rings is 2. The lowest BCUT2D eigenvalue weighted by Gasteiger charge is -2.14. The molecule has 0 aliphatic carbocycles. The standard InChI is InChI=1S/C20H16FN3O2/c1-11-2-3-12(10-25)8-17(11)24-19-14-6-7-22-20(26)18(14)15-9-13(21)4-5-16(15)23-19/h2-9,25H,10H2,1H3,(H,22,26)(H,23,24). The number of hydrogen-bond acceptors (Lipinski definition) is 4. The predicted molar refractivity (Wildman–Crippen MR) is 100 cm³/mol. The number of hydrogen-bond donors (Lipinski definition) is 3. The molecule has 2 aromatic carbocycles. The molecule has 0 spiro atoms. The Balaban J connectivity index is 1.99. The molecule has 0 aliphatic rings. The van der Waals surface area contributed by atoms with Gasteiger partial charge in [0.2, 0.25) is 0 Å². The highest BCUT2D eigenvalue weighted by Gasteiger charge is 2.13. The fraction of sp³-hybridized carbons (Fsp3) is 0.100. The molecule has 0 bridgehead atoms. The van der Waals surface area contributed by atoms with Crippen molar-refractivity contribution in [3.05, 3.63) is 76.0 Å². The Morgan fingerprint density at radius 3 is 2.81 bits per heavy atom. The largest absolute Gasteiger partial charge is 0.392 e. The van der Waals surface area contributed by atoms with Gasteiger partial charge in [0.05, 0.1) is 17.5 Å². The molecule has 0 atom stereocenters. The summed E-state index contributed by atoms with van der Waals surface area (Å²) >= 11 is 0. The molecule has 0 unspecified atom stereocenters. The van der Waals surface area contributed by atoms with Gasteiger partial charge in [-0.2, -0.15) is 0 Å². The van der Waals surface area contributed by atoms with E-state index in [1.54, 1.807) is 18.3 Å². The minimum Gasteiger partial charge on any atom is -0.392 e. The van der Waals surface area contributed by atoms with Crippen LogP contribution in [0.5, 0.6) is 0 Å². The Bertz CT molecular complexity index is 1200. The second-order valence-corrected chi connectivity index (χ2v) is 6.15. The second kappa shape index (κ2) is 6.24. The number of nitrogens with zero attached hydrogens (tertiary/aromatic N) is 1. The predicted octanol–water partition coefficient (Wildman–Crippen LogP) is 3.76. The van der Waals surface area contributed by atoms with Gasteiger partial charge in [-0.15, -0.1) is 0 Å². The first-order chi connectivity index (χ1) is 12.6. The number of aliphatic hydroxyl groups is 1. The average molecular weight is 349 g/mol. The molecule has 3 N–H and O–H groups in total. The summed E-state index contributed by atoms with van der Waals surface area (Å²) in [6.45, 7) is 1.87. The van der Waals surface area contributed by atoms with Crippen LogP contribution in [0.1, 0.15) is 11.1 Å². The van der Waals surface area contributed by atoms with E-state index in [1.165, 1.54) is 12.1 Å². The van der Waals surface area contributed by atoms with Gasteiger partial charge in [-0.05, 0) is 48.4 Å². The average Bonchev–Trinajstić information content (AvgIpc) is 2.64. The van der Waals surface area contributed by atoms with E-state index in [2.05, 4.69) is 15.3 Å². The van der Waals surface area contributed by atoms with E-state index in [1.807, 2.05) is 25.1 Å². The molecule has 26 heavy (non-hydrogen) atoms. The zero-order chi connectivity index (χ0) is 18.3. The third-order valence-corrected chi connectivity index (χ3v) is 4.41. The van der Waals surface area contributed by atoms with E-state index in [4.69, 9.17) is 0 Å². The molecule has 4 rings (SSSR count). The quantitative estimate of drug-likeness (QED) is 0.492. The van der Waals surface area contributed by atoms with Gasteiger partial charge in [0.1, 0.15) is 11.6 Å². The molecule has 2 heterocycles. The van der Waals surface area contributed by atoms with E-state index in [0.29, 0.717) is 27.5 Å². The molecule has 0 saturated carbocycles. The van der Waals surface area contributed by atoms with Crippen LogP contribution >= 0.6 is 0 Å². The highest BCUT2D eigenvalue weighted by atomic mass is 19.1. The summed E-state index contributed by atoms with van der Waals surface area (Å²) < 4.78 is 13.7. The number of H-pyrrole nitrogens is 1. The number of aromatic amines is 1. The Kier molecular flexibility index (Phi) is 3.89. The van der Waals surface area contributed by atoms with Gasteiger partial charge < -0.3 is 15.4 Å². The van der Waals surface area contributed by atoms with E-state index in [9.17, 15) is 14.3 Å². The minimum atomic E-state index is -0.420. The van der Waals surface area contributed by atoms with Crippen LogP contribution in [-0.2, 0) is 6.61 Å². The van der Waals surface area contributed by atoms with Gasteiger partial charge in [0.25, 0.3) is 5.56 Å². The van der Waals surface area contributed by atoms with Crippen LogP contribution in [0.15, 0.2) is 53.5 Å². The molecule has 0 amide bonds. The highest BCUT2D eigenvalue weighted by Crippen LogP contribution is 2.30. The Morgan fingerprint density at radius 1 is 1.15 bits per heavy atom. The molecule has 6 heteroatoms. The first-order valence-electron chi connectivity index (χ1n) is 8.15. The molecular formula is C20H16FN3O2. The zero-order valence-electron chi connectivity index (χ0n) is 14.0. The monoisotopic (exact) mass is 349 g/mol. The highest BCUT2D eigenvalue weighted by molar-refractivity contribution is 6.10. The Labute approximate surface area is 148 Å². The van der Waals surface area contributed by atoms with Crippen LogP contribution in [0.2, 0.25) is 0 Å². The van der Waals surface area contributed by atoms with Crippen LogP contribution in [0.4, 0.5) is 15.9 Å². The van der Waals surface area contributed by atoms with Crippen molar-refractivity contribution < 1.29 is 9.50 Å². The first kappa shape index (κ1) is 16.2. The Morgan fingerprint density at radius 2 is 2.00 bits per heavy atom. The third kappa shape index (κ3) is 2.70. The minimum absolute atomic E-state index is 0.0696. The lowest BCUT2D eigenvalue weighted by molar-refractivity contribution is 0.282. The zero-order valence-corrected chi connectivity index (χ0v) is 14.0. The normalized spacial score (nSPS) is 11.2. The molecule has 0 aliphatic heterocycles. The maximum atomic E-state index is 13.7. The van der Waals surface area contributed by atoms with E-state index in [0.717, 1.165) is 16.8 Å². The lowest BCUT2D eigenvalue weighted by atomic mass is 10.1. The smallest absolute Gasteiger partial charge is 0.256 e. The van der Waals surface area contributed by atoms with Crippen LogP contribution in [0.25, 0.3) is 21.7 Å². The molecule has 0 saturated heterocycles. The summed E-state index contributed by atoms with van der Waals surface area (Å²) in [6, 6.07) is 11.5. The van der Waals surface area contributed by atoms with Crippen LogP contribution in [0, 0.1) is 12.7 Å². The van der Waals surface area contributed by atoms with Gasteiger partial charge in [-0.25, -0.2) is 9.37 Å².